The Morgan fingerprint density at radius 2 is 1.74 bits per heavy atom. The number of anilines is 1. The molecule has 0 spiro atoms. The van der Waals surface area contributed by atoms with Crippen molar-refractivity contribution in [1.82, 2.24) is 0 Å². The fraction of sp³-hybridized carbons (Fsp3) is 0.143. The van der Waals surface area contributed by atoms with Crippen molar-refractivity contribution in [3.63, 3.8) is 0 Å². The van der Waals surface area contributed by atoms with Gasteiger partial charge in [0.25, 0.3) is 0 Å². The summed E-state index contributed by atoms with van der Waals surface area (Å²) in [7, 11) is 0. The Kier molecular flexibility index (Phi) is 4.58. The Morgan fingerprint density at radius 3 is 2.37 bits per heavy atom. The average Bonchev–Trinajstić information content (AvgIpc) is 2.33. The van der Waals surface area contributed by atoms with E-state index in [-0.39, 0.29) is 6.04 Å². The molecule has 1 atom stereocenters. The molecule has 0 saturated heterocycles. The van der Waals surface area contributed by atoms with Gasteiger partial charge >= 0.3 is 0 Å². The first kappa shape index (κ1) is 14.5. The van der Waals surface area contributed by atoms with E-state index in [0.29, 0.717) is 5.69 Å². The molecule has 0 fully saturated rings. The number of rotatable bonds is 3. The Morgan fingerprint density at radius 1 is 1.00 bits per heavy atom. The lowest BCUT2D eigenvalue weighted by Gasteiger charge is -2.17. The molecule has 0 heterocycles. The van der Waals surface area contributed by atoms with Crippen molar-refractivity contribution in [3.8, 4) is 0 Å². The van der Waals surface area contributed by atoms with Crippen LogP contribution in [0.3, 0.4) is 0 Å². The first-order chi connectivity index (χ1) is 8.97. The summed E-state index contributed by atoms with van der Waals surface area (Å²) in [5.41, 5.74) is 1.58. The highest BCUT2D eigenvalue weighted by molar-refractivity contribution is 9.11. The van der Waals surface area contributed by atoms with Crippen molar-refractivity contribution in [2.45, 2.75) is 13.0 Å². The van der Waals surface area contributed by atoms with Crippen LogP contribution in [0.15, 0.2) is 45.3 Å². The second-order valence-electron chi connectivity index (χ2n) is 4.16. The van der Waals surface area contributed by atoms with Crippen LogP contribution < -0.4 is 5.32 Å². The molecule has 0 radical (unpaired) electrons. The molecule has 0 bridgehead atoms. The van der Waals surface area contributed by atoms with Crippen LogP contribution in [-0.2, 0) is 0 Å². The van der Waals surface area contributed by atoms with E-state index in [0.717, 1.165) is 26.6 Å². The molecule has 100 valence electrons. The molecule has 0 aliphatic heterocycles. The van der Waals surface area contributed by atoms with Gasteiger partial charge in [0.15, 0.2) is 11.6 Å². The van der Waals surface area contributed by atoms with E-state index in [2.05, 4.69) is 37.2 Å². The maximum atomic E-state index is 13.1. The van der Waals surface area contributed by atoms with Gasteiger partial charge in [-0.2, -0.15) is 0 Å². The third-order valence-electron chi connectivity index (χ3n) is 2.73. The van der Waals surface area contributed by atoms with E-state index in [1.807, 2.05) is 25.1 Å². The third kappa shape index (κ3) is 3.54. The zero-order valence-corrected chi connectivity index (χ0v) is 13.2. The van der Waals surface area contributed by atoms with E-state index >= 15 is 0 Å². The van der Waals surface area contributed by atoms with E-state index in [4.69, 9.17) is 0 Å². The molecule has 1 N–H and O–H groups in total. The average molecular weight is 391 g/mol. The fourth-order valence-electron chi connectivity index (χ4n) is 1.77. The van der Waals surface area contributed by atoms with Crippen LogP contribution in [0, 0.1) is 11.6 Å². The molecule has 5 heteroatoms. The zero-order chi connectivity index (χ0) is 14.0. The van der Waals surface area contributed by atoms with E-state index in [1.165, 1.54) is 6.07 Å². The van der Waals surface area contributed by atoms with Gasteiger partial charge < -0.3 is 5.32 Å². The molecule has 0 aliphatic rings. The van der Waals surface area contributed by atoms with Gasteiger partial charge in [0.2, 0.25) is 0 Å². The summed E-state index contributed by atoms with van der Waals surface area (Å²) >= 11 is 6.87. The van der Waals surface area contributed by atoms with Gasteiger partial charge in [0.05, 0.1) is 0 Å². The van der Waals surface area contributed by atoms with Crippen molar-refractivity contribution in [2.24, 2.45) is 0 Å². The number of hydrogen-bond acceptors (Lipinski definition) is 1. The van der Waals surface area contributed by atoms with Gasteiger partial charge in [0.1, 0.15) is 0 Å². The predicted molar refractivity (Wildman–Crippen MR) is 80.2 cm³/mol. The fourth-order valence-corrected chi connectivity index (χ4v) is 3.16. The molecule has 0 amide bonds. The van der Waals surface area contributed by atoms with E-state index in [1.54, 1.807) is 0 Å². The summed E-state index contributed by atoms with van der Waals surface area (Å²) < 4.78 is 27.9. The predicted octanol–water partition coefficient (Wildman–Crippen LogP) is 5.66. The summed E-state index contributed by atoms with van der Waals surface area (Å²) in [5.74, 6) is -1.70. The van der Waals surface area contributed by atoms with Crippen molar-refractivity contribution in [3.05, 3.63) is 62.5 Å². The Bertz CT molecular complexity index is 602. The molecule has 1 unspecified atom stereocenters. The molecule has 19 heavy (non-hydrogen) atoms. The smallest absolute Gasteiger partial charge is 0.160 e. The van der Waals surface area contributed by atoms with Gasteiger partial charge in [0, 0.05) is 26.7 Å². The minimum absolute atomic E-state index is 0.0349. The van der Waals surface area contributed by atoms with Crippen LogP contribution in [0.1, 0.15) is 18.5 Å². The lowest BCUT2D eigenvalue weighted by atomic mass is 10.1. The molecule has 1 nitrogen and oxygen atoms in total. The monoisotopic (exact) mass is 389 g/mol. The summed E-state index contributed by atoms with van der Waals surface area (Å²) in [6.07, 6.45) is 0. The highest BCUT2D eigenvalue weighted by atomic mass is 79.9. The van der Waals surface area contributed by atoms with Gasteiger partial charge in [-0.25, -0.2) is 8.78 Å². The summed E-state index contributed by atoms with van der Waals surface area (Å²) in [4.78, 5) is 0. The van der Waals surface area contributed by atoms with Crippen molar-refractivity contribution < 1.29 is 8.78 Å². The number of hydrogen-bond donors (Lipinski definition) is 1. The second kappa shape index (κ2) is 6.01. The Labute approximate surface area is 127 Å². The van der Waals surface area contributed by atoms with Crippen molar-refractivity contribution in [2.75, 3.05) is 5.32 Å². The lowest BCUT2D eigenvalue weighted by molar-refractivity contribution is 0.509. The van der Waals surface area contributed by atoms with Crippen molar-refractivity contribution in [1.29, 1.82) is 0 Å². The second-order valence-corrected chi connectivity index (χ2v) is 5.93. The SMILES string of the molecule is CC(Nc1ccc(F)c(F)c1)c1ccc(Br)cc1Br. The number of halogens is 4. The molecule has 2 aromatic rings. The van der Waals surface area contributed by atoms with Gasteiger partial charge in [-0.1, -0.05) is 37.9 Å². The Balaban J connectivity index is 2.20. The van der Waals surface area contributed by atoms with Crippen LogP contribution in [0.25, 0.3) is 0 Å². The largest absolute Gasteiger partial charge is 0.378 e. The summed E-state index contributed by atoms with van der Waals surface area (Å²) in [6, 6.07) is 9.59. The number of nitrogens with one attached hydrogen (secondary N) is 1. The molecular formula is C14H11Br2F2N. The minimum atomic E-state index is -0.855. The van der Waals surface area contributed by atoms with Crippen LogP contribution in [0.2, 0.25) is 0 Å². The zero-order valence-electron chi connectivity index (χ0n) is 10.1. The molecule has 0 aromatic heterocycles. The van der Waals surface area contributed by atoms with E-state index in [9.17, 15) is 8.78 Å². The third-order valence-corrected chi connectivity index (χ3v) is 3.91. The minimum Gasteiger partial charge on any atom is -0.378 e. The summed E-state index contributed by atoms with van der Waals surface area (Å²) in [5, 5.41) is 3.13. The first-order valence-corrected chi connectivity index (χ1v) is 7.22. The van der Waals surface area contributed by atoms with Crippen LogP contribution in [-0.4, -0.2) is 0 Å². The molecular weight excluding hydrogens is 380 g/mol. The number of benzene rings is 2. The molecule has 2 rings (SSSR count). The van der Waals surface area contributed by atoms with Crippen molar-refractivity contribution >= 4 is 37.5 Å². The quantitative estimate of drug-likeness (QED) is 0.712. The molecule has 0 aliphatic carbocycles. The van der Waals surface area contributed by atoms with Crippen LogP contribution >= 0.6 is 31.9 Å². The Hall–Kier alpha value is -0.940. The summed E-state index contributed by atoms with van der Waals surface area (Å²) in [6.45, 7) is 1.95. The highest BCUT2D eigenvalue weighted by Crippen LogP contribution is 2.29. The highest BCUT2D eigenvalue weighted by Gasteiger charge is 2.11. The maximum Gasteiger partial charge on any atom is 0.160 e. The molecule has 2 aromatic carbocycles. The van der Waals surface area contributed by atoms with Gasteiger partial charge in [-0.05, 0) is 36.8 Å². The van der Waals surface area contributed by atoms with Gasteiger partial charge in [-0.3, -0.25) is 0 Å². The maximum absolute atomic E-state index is 13.1. The normalized spacial score (nSPS) is 12.3. The molecule has 0 saturated carbocycles. The topological polar surface area (TPSA) is 12.0 Å². The van der Waals surface area contributed by atoms with Gasteiger partial charge in [-0.15, -0.1) is 0 Å². The van der Waals surface area contributed by atoms with Crippen LogP contribution in [0.4, 0.5) is 14.5 Å². The van der Waals surface area contributed by atoms with Crippen LogP contribution in [0.5, 0.6) is 0 Å². The first-order valence-electron chi connectivity index (χ1n) is 5.64. The van der Waals surface area contributed by atoms with E-state index < -0.39 is 11.6 Å². The standard InChI is InChI=1S/C14H11Br2F2N/c1-8(11-4-2-9(15)6-12(11)16)19-10-3-5-13(17)14(18)7-10/h2-8,19H,1H3. The lowest BCUT2D eigenvalue weighted by Crippen LogP contribution is -2.07.